The summed E-state index contributed by atoms with van der Waals surface area (Å²) in [6, 6.07) is 61.5. The summed E-state index contributed by atoms with van der Waals surface area (Å²) < 4.78 is 5.37. The summed E-state index contributed by atoms with van der Waals surface area (Å²) >= 11 is 0. The van der Waals surface area contributed by atoms with Gasteiger partial charge in [-0.3, -0.25) is 0 Å². The zero-order valence-electron chi connectivity index (χ0n) is 45.4. The van der Waals surface area contributed by atoms with Gasteiger partial charge in [0.1, 0.15) is 0 Å². The van der Waals surface area contributed by atoms with Gasteiger partial charge in [0.2, 0.25) is 0 Å². The predicted molar refractivity (Wildman–Crippen MR) is 315 cm³/mol. The number of nitrogens with zero attached hydrogens (tertiary/aromatic N) is 3. The van der Waals surface area contributed by atoms with Gasteiger partial charge in [-0.15, -0.1) is 0 Å². The van der Waals surface area contributed by atoms with E-state index in [4.69, 9.17) is 0 Å². The van der Waals surface area contributed by atoms with Gasteiger partial charge in [-0.05, 0) is 138 Å². The third-order valence-corrected chi connectivity index (χ3v) is 17.1. The average Bonchev–Trinajstić information content (AvgIpc) is 3.95. The number of hydrogen-bond acceptors (Lipinski definition) is 1. The van der Waals surface area contributed by atoms with Gasteiger partial charge in [0.05, 0.1) is 11.0 Å². The molecule has 0 radical (unpaired) electrons. The molecule has 0 fully saturated rings. The van der Waals surface area contributed by atoms with Gasteiger partial charge >= 0.3 is 6.85 Å². The Morgan fingerprint density at radius 1 is 0.425 bits per heavy atom. The van der Waals surface area contributed by atoms with Gasteiger partial charge in [-0.1, -0.05) is 194 Å². The van der Waals surface area contributed by atoms with Crippen LogP contribution in [-0.4, -0.2) is 15.9 Å². The Hall–Kier alpha value is -7.04. The van der Waals surface area contributed by atoms with Crippen LogP contribution >= 0.6 is 0 Å². The Morgan fingerprint density at radius 3 is 1.67 bits per heavy atom. The molecule has 3 nitrogen and oxygen atoms in total. The van der Waals surface area contributed by atoms with Crippen LogP contribution in [-0.2, 0) is 27.1 Å². The van der Waals surface area contributed by atoms with E-state index >= 15 is 0 Å². The van der Waals surface area contributed by atoms with Crippen molar-refractivity contribution >= 4 is 73.0 Å². The molecule has 4 heterocycles. The first-order chi connectivity index (χ1) is 34.5. The zero-order chi connectivity index (χ0) is 51.1. The molecule has 73 heavy (non-hydrogen) atoms. The van der Waals surface area contributed by atoms with Crippen molar-refractivity contribution in [1.29, 1.82) is 0 Å². The van der Waals surface area contributed by atoms with Crippen LogP contribution in [0.15, 0.2) is 163 Å². The third kappa shape index (κ3) is 6.57. The second-order valence-corrected chi connectivity index (χ2v) is 26.3. The Morgan fingerprint density at radius 2 is 1.01 bits per heavy atom. The molecule has 0 spiro atoms. The maximum absolute atomic E-state index is 2.82. The molecule has 0 amide bonds. The molecule has 2 aromatic heterocycles. The molecule has 0 saturated carbocycles. The fourth-order valence-electron chi connectivity index (χ4n) is 13.1. The second kappa shape index (κ2) is 15.0. The van der Waals surface area contributed by atoms with Gasteiger partial charge in [0.25, 0.3) is 0 Å². The molecule has 4 heteroatoms. The van der Waals surface area contributed by atoms with E-state index < -0.39 is 0 Å². The summed E-state index contributed by atoms with van der Waals surface area (Å²) in [5.74, 6) is 0. The third-order valence-electron chi connectivity index (χ3n) is 17.1. The number of anilines is 2. The Kier molecular flexibility index (Phi) is 9.43. The van der Waals surface area contributed by atoms with E-state index in [0.29, 0.717) is 0 Å². The molecule has 0 unspecified atom stereocenters. The van der Waals surface area contributed by atoms with Crippen LogP contribution in [0, 0.1) is 0 Å². The van der Waals surface area contributed by atoms with E-state index in [0.717, 1.165) is 0 Å². The number of fused-ring (bicyclic) bond motifs is 12. The van der Waals surface area contributed by atoms with Crippen molar-refractivity contribution in [3.63, 3.8) is 0 Å². The maximum Gasteiger partial charge on any atom is 0.329 e. The van der Waals surface area contributed by atoms with Crippen LogP contribution < -0.4 is 10.4 Å². The SMILES string of the molecule is CC(C)(C)c1ccc(-c2ccc3c(c2)C2=C(B4c5c(cc(C(C)(C)C)cc5N2c2ccc(C(C)(C)C)cc2)-c2cc(C(C)(C)C)cc5c6c(ccc7c8ccccc8n(-c8ccccc8)c76)n4c25)C3(C)C)cc1. The first kappa shape index (κ1) is 45.8. The fraction of sp³-hybridized carbons (Fsp3) is 0.275. The van der Waals surface area contributed by atoms with Crippen LogP contribution in [0.5, 0.6) is 0 Å². The van der Waals surface area contributed by atoms with Crippen molar-refractivity contribution in [3.05, 3.63) is 197 Å². The van der Waals surface area contributed by atoms with Gasteiger partial charge in [0.15, 0.2) is 0 Å². The molecular formula is C69H68BN3. The van der Waals surface area contributed by atoms with E-state index in [9.17, 15) is 0 Å². The van der Waals surface area contributed by atoms with Gasteiger partial charge in [-0.2, -0.15) is 0 Å². The van der Waals surface area contributed by atoms with Crippen LogP contribution in [0.25, 0.3) is 77.2 Å². The van der Waals surface area contributed by atoms with E-state index in [-0.39, 0.29) is 33.9 Å². The van der Waals surface area contributed by atoms with Crippen LogP contribution in [0.1, 0.15) is 130 Å². The lowest BCUT2D eigenvalue weighted by Crippen LogP contribution is -2.52. The minimum Gasteiger partial charge on any atom is -0.375 e. The van der Waals surface area contributed by atoms with Gasteiger partial charge < -0.3 is 13.9 Å². The highest BCUT2D eigenvalue weighted by atomic mass is 15.2. The quantitative estimate of drug-likeness (QED) is 0.161. The van der Waals surface area contributed by atoms with Crippen molar-refractivity contribution in [2.75, 3.05) is 4.90 Å². The standard InChI is InChI=1S/C69H68BN3/c1-65(2,3)43-27-24-41(25-28-43)42-26-34-55-53(36-42)63-64(69(55,13)14)70-60-51(37-46(68(10,11)12)40-58(60)72(63)48-31-29-44(30-32-48)66(4,5)6)52-38-45(67(7,8)9)39-54-59-57(73(70)61(52)54)35-33-50-49-22-18-19-23-56(49)71(62(50)59)47-20-16-15-17-21-47/h15-40H,1-14H3. The molecule has 0 saturated heterocycles. The highest BCUT2D eigenvalue weighted by Gasteiger charge is 2.53. The normalized spacial score (nSPS) is 15.3. The lowest BCUT2D eigenvalue weighted by Gasteiger charge is -2.44. The maximum atomic E-state index is 2.82. The lowest BCUT2D eigenvalue weighted by molar-refractivity contribution is 0.589. The van der Waals surface area contributed by atoms with E-state index in [1.807, 2.05) is 0 Å². The van der Waals surface area contributed by atoms with E-state index in [1.165, 1.54) is 133 Å². The summed E-state index contributed by atoms with van der Waals surface area (Å²) in [5, 5.41) is 5.21. The number of hydrogen-bond donors (Lipinski definition) is 0. The smallest absolute Gasteiger partial charge is 0.329 e. The molecule has 362 valence electrons. The summed E-state index contributed by atoms with van der Waals surface area (Å²) in [4.78, 5) is 2.69. The highest BCUT2D eigenvalue weighted by Crippen LogP contribution is 2.58. The Balaban J connectivity index is 1.21. The Labute approximate surface area is 433 Å². The molecule has 2 aliphatic heterocycles. The monoisotopic (exact) mass is 950 g/mol. The predicted octanol–water partition coefficient (Wildman–Crippen LogP) is 17.9. The number of aromatic nitrogens is 2. The molecule has 0 N–H and O–H groups in total. The lowest BCUT2D eigenvalue weighted by atomic mass is 9.40. The number of allylic oxidation sites excluding steroid dienone is 1. The van der Waals surface area contributed by atoms with E-state index in [1.54, 1.807) is 0 Å². The van der Waals surface area contributed by atoms with Crippen LogP contribution in [0.3, 0.4) is 0 Å². The number of para-hydroxylation sites is 2. The minimum absolute atomic E-state index is 0.0214. The molecule has 10 aromatic rings. The Bertz CT molecular complexity index is 4000. The van der Waals surface area contributed by atoms with Gasteiger partial charge in [-0.25, -0.2) is 0 Å². The summed E-state index contributed by atoms with van der Waals surface area (Å²) in [7, 11) is 0. The molecule has 0 bridgehead atoms. The van der Waals surface area contributed by atoms with Crippen molar-refractivity contribution in [3.8, 4) is 27.9 Å². The molecule has 3 aliphatic rings. The zero-order valence-corrected chi connectivity index (χ0v) is 45.4. The summed E-state index contributed by atoms with van der Waals surface area (Å²) in [6.45, 7) is 33.1. The molecular weight excluding hydrogens is 882 g/mol. The number of rotatable bonds is 3. The number of benzene rings is 8. The second-order valence-electron chi connectivity index (χ2n) is 26.3. The van der Waals surface area contributed by atoms with Gasteiger partial charge in [0, 0.05) is 71.9 Å². The first-order valence-corrected chi connectivity index (χ1v) is 26.7. The van der Waals surface area contributed by atoms with E-state index in [2.05, 4.69) is 269 Å². The van der Waals surface area contributed by atoms with Crippen molar-refractivity contribution in [2.24, 2.45) is 0 Å². The summed E-state index contributed by atoms with van der Waals surface area (Å²) in [6.07, 6.45) is 0. The first-order valence-electron chi connectivity index (χ1n) is 26.7. The molecule has 1 aliphatic carbocycles. The largest absolute Gasteiger partial charge is 0.375 e. The van der Waals surface area contributed by atoms with Crippen molar-refractivity contribution in [1.82, 2.24) is 9.05 Å². The van der Waals surface area contributed by atoms with Crippen molar-refractivity contribution in [2.45, 2.75) is 124 Å². The average molecular weight is 950 g/mol. The highest BCUT2D eigenvalue weighted by molar-refractivity contribution is 6.85. The topological polar surface area (TPSA) is 13.1 Å². The van der Waals surface area contributed by atoms with Crippen LogP contribution in [0.4, 0.5) is 11.4 Å². The minimum atomic E-state index is -0.333. The molecule has 13 rings (SSSR count). The fourth-order valence-corrected chi connectivity index (χ4v) is 13.1. The molecule has 0 atom stereocenters. The molecule has 8 aromatic carbocycles. The summed E-state index contributed by atoms with van der Waals surface area (Å²) in [5.41, 5.74) is 25.7. The van der Waals surface area contributed by atoms with Crippen LogP contribution in [0.2, 0.25) is 0 Å². The van der Waals surface area contributed by atoms with Crippen molar-refractivity contribution < 1.29 is 0 Å².